The number of halogens is 1. The Hall–Kier alpha value is -1.49. The van der Waals surface area contributed by atoms with Crippen molar-refractivity contribution in [3.05, 3.63) is 0 Å². The summed E-state index contributed by atoms with van der Waals surface area (Å²) in [5.74, 6) is 2.02. The van der Waals surface area contributed by atoms with E-state index in [-0.39, 0.29) is 30.3 Å². The Bertz CT molecular complexity index is 681. The first-order chi connectivity index (χ1) is 16.0. The van der Waals surface area contributed by atoms with E-state index in [4.69, 9.17) is 4.74 Å². The second kappa shape index (κ2) is 11.8. The molecule has 8 unspecified atom stereocenters. The van der Waals surface area contributed by atoms with Crippen LogP contribution in [0.1, 0.15) is 45.4 Å². The van der Waals surface area contributed by atoms with E-state index in [2.05, 4.69) is 43.8 Å². The zero-order valence-corrected chi connectivity index (χ0v) is 20.0. The van der Waals surface area contributed by atoms with Crippen LogP contribution in [-0.2, 0) is 9.53 Å². The summed E-state index contributed by atoms with van der Waals surface area (Å²) < 4.78 is 19.3. The van der Waals surface area contributed by atoms with Gasteiger partial charge in [0.25, 0.3) is 0 Å². The highest BCUT2D eigenvalue weighted by Crippen LogP contribution is 2.31. The number of carbonyl (C=O) groups is 1. The van der Waals surface area contributed by atoms with Crippen LogP contribution in [0.4, 0.5) is 4.39 Å². The molecule has 4 heterocycles. The molecule has 0 saturated carbocycles. The Kier molecular flexibility index (Phi) is 8.78. The van der Waals surface area contributed by atoms with Crippen LogP contribution in [0.2, 0.25) is 0 Å². The average Bonchev–Trinajstić information content (AvgIpc) is 3.35. The van der Waals surface area contributed by atoms with Crippen molar-refractivity contribution in [3.63, 3.8) is 0 Å². The number of rotatable bonds is 7. The SMILES string of the molecule is COC1CC(CNC(=O)C2CC(CNC3=NCCN3)CC(C3CCC(F)NC3C)N2)CCN1. The summed E-state index contributed by atoms with van der Waals surface area (Å²) in [5, 5.41) is 20.0. The van der Waals surface area contributed by atoms with Crippen LogP contribution in [0, 0.1) is 17.8 Å². The monoisotopic (exact) mass is 467 g/mol. The van der Waals surface area contributed by atoms with Gasteiger partial charge in [-0.15, -0.1) is 0 Å². The van der Waals surface area contributed by atoms with Crippen molar-refractivity contribution >= 4 is 11.9 Å². The predicted molar refractivity (Wildman–Crippen MR) is 126 cm³/mol. The van der Waals surface area contributed by atoms with E-state index in [9.17, 15) is 9.18 Å². The van der Waals surface area contributed by atoms with Crippen molar-refractivity contribution in [2.75, 3.05) is 39.8 Å². The average molecular weight is 468 g/mol. The standard InChI is InChI=1S/C23H42FN7O2/c1-14-17(3-4-20(24)30-14)18-9-16(13-29-23-26-7-8-27-23)10-19(31-18)22(32)28-12-15-5-6-25-21(11-15)33-2/h14-21,25,30-31H,3-13H2,1-2H3,(H,28,32)(H2,26,27,29). The Morgan fingerprint density at radius 1 is 1.12 bits per heavy atom. The predicted octanol–water partition coefficient (Wildman–Crippen LogP) is 0.0440. The molecule has 6 N–H and O–H groups in total. The number of nitrogens with zero attached hydrogens (tertiary/aromatic N) is 1. The van der Waals surface area contributed by atoms with Crippen LogP contribution in [0.25, 0.3) is 0 Å². The van der Waals surface area contributed by atoms with E-state index in [0.29, 0.717) is 30.7 Å². The highest BCUT2D eigenvalue weighted by atomic mass is 19.1. The van der Waals surface area contributed by atoms with E-state index in [1.54, 1.807) is 7.11 Å². The van der Waals surface area contributed by atoms with Gasteiger partial charge in [-0.1, -0.05) is 0 Å². The van der Waals surface area contributed by atoms with Gasteiger partial charge in [0.2, 0.25) is 5.91 Å². The van der Waals surface area contributed by atoms with Crippen molar-refractivity contribution in [2.45, 2.75) is 76.1 Å². The molecule has 0 aromatic heterocycles. The van der Waals surface area contributed by atoms with Crippen molar-refractivity contribution in [1.82, 2.24) is 31.9 Å². The molecule has 8 atom stereocenters. The first-order valence-corrected chi connectivity index (χ1v) is 12.7. The van der Waals surface area contributed by atoms with Crippen LogP contribution in [-0.4, -0.2) is 82.3 Å². The largest absolute Gasteiger partial charge is 0.367 e. The van der Waals surface area contributed by atoms with Crippen molar-refractivity contribution in [1.29, 1.82) is 0 Å². The quantitative estimate of drug-likeness (QED) is 0.294. The summed E-state index contributed by atoms with van der Waals surface area (Å²) in [6.07, 6.45) is 4.22. The first-order valence-electron chi connectivity index (χ1n) is 12.7. The summed E-state index contributed by atoms with van der Waals surface area (Å²) in [6, 6.07) is 0.0408. The van der Waals surface area contributed by atoms with E-state index >= 15 is 0 Å². The molecule has 3 saturated heterocycles. The number of methoxy groups -OCH3 is 1. The molecule has 3 fully saturated rings. The molecule has 0 aliphatic carbocycles. The summed E-state index contributed by atoms with van der Waals surface area (Å²) in [4.78, 5) is 17.6. The third-order valence-corrected chi connectivity index (χ3v) is 7.80. The van der Waals surface area contributed by atoms with Crippen LogP contribution in [0.3, 0.4) is 0 Å². The van der Waals surface area contributed by atoms with E-state index in [1.807, 2.05) is 0 Å². The van der Waals surface area contributed by atoms with Gasteiger partial charge in [0, 0.05) is 38.8 Å². The van der Waals surface area contributed by atoms with Gasteiger partial charge < -0.3 is 26.0 Å². The van der Waals surface area contributed by atoms with Gasteiger partial charge in [-0.05, 0) is 69.7 Å². The molecule has 4 rings (SSSR count). The Morgan fingerprint density at radius 2 is 2.00 bits per heavy atom. The third kappa shape index (κ3) is 6.77. The molecule has 0 aromatic carbocycles. The molecular weight excluding hydrogens is 425 g/mol. The summed E-state index contributed by atoms with van der Waals surface area (Å²) in [5.41, 5.74) is 0. The fourth-order valence-electron chi connectivity index (χ4n) is 5.90. The van der Waals surface area contributed by atoms with Crippen LogP contribution in [0.5, 0.6) is 0 Å². The van der Waals surface area contributed by atoms with Gasteiger partial charge in [0.05, 0.1) is 12.6 Å². The van der Waals surface area contributed by atoms with Gasteiger partial charge in [-0.25, -0.2) is 4.39 Å². The summed E-state index contributed by atoms with van der Waals surface area (Å²) >= 11 is 0. The maximum atomic E-state index is 13.8. The molecule has 4 aliphatic rings. The lowest BCUT2D eigenvalue weighted by atomic mass is 9.76. The topological polar surface area (TPSA) is 111 Å². The smallest absolute Gasteiger partial charge is 0.237 e. The second-order valence-electron chi connectivity index (χ2n) is 10.2. The van der Waals surface area contributed by atoms with Gasteiger partial charge >= 0.3 is 0 Å². The van der Waals surface area contributed by atoms with Gasteiger partial charge in [-0.2, -0.15) is 0 Å². The number of piperidine rings is 3. The molecule has 0 aromatic rings. The lowest BCUT2D eigenvalue weighted by Gasteiger charge is -2.44. The zero-order valence-electron chi connectivity index (χ0n) is 20.0. The molecule has 188 valence electrons. The molecule has 1 amide bonds. The highest BCUT2D eigenvalue weighted by Gasteiger charge is 2.40. The van der Waals surface area contributed by atoms with Crippen LogP contribution in [0.15, 0.2) is 4.99 Å². The normalized spacial score (nSPS) is 39.4. The number of amides is 1. The lowest BCUT2D eigenvalue weighted by molar-refractivity contribution is -0.125. The molecule has 0 radical (unpaired) electrons. The maximum Gasteiger partial charge on any atom is 0.237 e. The zero-order chi connectivity index (χ0) is 23.2. The Morgan fingerprint density at radius 3 is 2.76 bits per heavy atom. The number of hydrogen-bond donors (Lipinski definition) is 6. The molecule has 0 bridgehead atoms. The number of hydrogen-bond acceptors (Lipinski definition) is 8. The van der Waals surface area contributed by atoms with Crippen molar-refractivity contribution in [2.24, 2.45) is 22.7 Å². The minimum Gasteiger partial charge on any atom is -0.367 e. The summed E-state index contributed by atoms with van der Waals surface area (Å²) in [6.45, 7) is 6.12. The lowest BCUT2D eigenvalue weighted by Crippen LogP contribution is -2.60. The number of ether oxygens (including phenoxy) is 1. The molecule has 9 nitrogen and oxygen atoms in total. The second-order valence-corrected chi connectivity index (χ2v) is 10.2. The third-order valence-electron chi connectivity index (χ3n) is 7.80. The fourth-order valence-corrected chi connectivity index (χ4v) is 5.90. The van der Waals surface area contributed by atoms with Crippen LogP contribution < -0.4 is 31.9 Å². The number of alkyl halides is 1. The molecule has 10 heteroatoms. The van der Waals surface area contributed by atoms with Crippen LogP contribution >= 0.6 is 0 Å². The maximum absolute atomic E-state index is 13.8. The highest BCUT2D eigenvalue weighted by molar-refractivity contribution is 5.82. The van der Waals surface area contributed by atoms with Crippen molar-refractivity contribution < 1.29 is 13.9 Å². The van der Waals surface area contributed by atoms with Crippen molar-refractivity contribution in [3.8, 4) is 0 Å². The molecular formula is C23H42FN7O2. The van der Waals surface area contributed by atoms with E-state index in [1.165, 1.54) is 0 Å². The minimum atomic E-state index is -0.927. The van der Waals surface area contributed by atoms with E-state index < -0.39 is 6.30 Å². The van der Waals surface area contributed by atoms with Gasteiger partial charge in [-0.3, -0.25) is 20.4 Å². The molecule has 33 heavy (non-hydrogen) atoms. The minimum absolute atomic E-state index is 0.0695. The Labute approximate surface area is 196 Å². The number of aliphatic imine (C=N–C) groups is 1. The van der Waals surface area contributed by atoms with Gasteiger partial charge in [0.1, 0.15) is 6.23 Å². The number of carbonyl (C=O) groups excluding carboxylic acids is 1. The number of guanidine groups is 1. The van der Waals surface area contributed by atoms with Gasteiger partial charge in [0.15, 0.2) is 12.3 Å². The molecule has 0 spiro atoms. The first kappa shape index (κ1) is 24.6. The fraction of sp³-hybridized carbons (Fsp3) is 0.913. The molecule has 4 aliphatic heterocycles. The summed E-state index contributed by atoms with van der Waals surface area (Å²) in [7, 11) is 1.72. The Balaban J connectivity index is 1.35. The van der Waals surface area contributed by atoms with E-state index in [0.717, 1.165) is 64.2 Å². The number of nitrogens with one attached hydrogen (secondary N) is 6.